The first-order valence-electron chi connectivity index (χ1n) is 10.2. The maximum absolute atomic E-state index is 6.72. The fraction of sp³-hybridized carbons (Fsp3) is 1.00. The summed E-state index contributed by atoms with van der Waals surface area (Å²) in [7, 11) is -2.14. The first kappa shape index (κ1) is 25.3. The molecule has 0 bridgehead atoms. The maximum atomic E-state index is 6.72. The molecule has 1 saturated heterocycles. The Morgan fingerprint density at radius 2 is 1.37 bits per heavy atom. The minimum atomic E-state index is -1.99. The fourth-order valence-corrected chi connectivity index (χ4v) is 5.07. The molecule has 1 aliphatic rings. The zero-order valence-corrected chi connectivity index (χ0v) is 21.8. The molecule has 0 aromatic heterocycles. The van der Waals surface area contributed by atoms with Gasteiger partial charge in [-0.2, -0.15) is 0 Å². The van der Waals surface area contributed by atoms with Crippen molar-refractivity contribution >= 4 is 16.6 Å². The zero-order valence-electron chi connectivity index (χ0n) is 19.8. The Bertz CT molecular complexity index is 485. The van der Waals surface area contributed by atoms with E-state index >= 15 is 0 Å². The van der Waals surface area contributed by atoms with Gasteiger partial charge < -0.3 is 24.1 Å². The van der Waals surface area contributed by atoms with Gasteiger partial charge in [0.2, 0.25) is 0 Å². The van der Waals surface area contributed by atoms with E-state index in [-0.39, 0.29) is 40.5 Å². The van der Waals surface area contributed by atoms with Gasteiger partial charge in [-0.25, -0.2) is 0 Å². The van der Waals surface area contributed by atoms with Crippen molar-refractivity contribution in [2.75, 3.05) is 13.7 Å². The van der Waals surface area contributed by atoms with E-state index in [0.717, 1.165) is 0 Å². The van der Waals surface area contributed by atoms with Crippen molar-refractivity contribution in [2.24, 2.45) is 5.73 Å². The number of ether oxygens (including phenoxy) is 2. The third-order valence-corrected chi connectivity index (χ3v) is 15.9. The van der Waals surface area contributed by atoms with Gasteiger partial charge in [-0.15, -0.1) is 0 Å². The molecule has 1 fully saturated rings. The largest absolute Gasteiger partial charge is 0.414 e. The minimum absolute atomic E-state index is 0.0980. The highest BCUT2D eigenvalue weighted by molar-refractivity contribution is 6.74. The van der Waals surface area contributed by atoms with Crippen LogP contribution in [-0.4, -0.2) is 60.8 Å². The van der Waals surface area contributed by atoms with E-state index < -0.39 is 16.6 Å². The highest BCUT2D eigenvalue weighted by Crippen LogP contribution is 2.40. The molecule has 162 valence electrons. The van der Waals surface area contributed by atoms with E-state index in [1.54, 1.807) is 7.11 Å². The Morgan fingerprint density at radius 3 is 1.78 bits per heavy atom. The average Bonchev–Trinajstić information content (AvgIpc) is 2.47. The summed E-state index contributed by atoms with van der Waals surface area (Å²) < 4.78 is 25.3. The van der Waals surface area contributed by atoms with Gasteiger partial charge in [0, 0.05) is 7.11 Å². The number of hydrogen-bond acceptors (Lipinski definition) is 5. The molecular formula is C20H45NO4Si2. The second-order valence-electron chi connectivity index (χ2n) is 11.1. The van der Waals surface area contributed by atoms with Crippen molar-refractivity contribution in [2.45, 2.75) is 115 Å². The van der Waals surface area contributed by atoms with Gasteiger partial charge >= 0.3 is 0 Å². The van der Waals surface area contributed by atoms with Gasteiger partial charge in [-0.3, -0.25) is 0 Å². The van der Waals surface area contributed by atoms with Crippen molar-refractivity contribution in [1.29, 1.82) is 0 Å². The molecule has 1 heterocycles. The standard InChI is InChI=1S/C20H45NO4Si2/c1-14-16(21)18(25-27(11,12)20(5,6)7)17(22-8)15(24-14)13-23-26(9,10)19(2,3)4/h14-18H,13,21H2,1-12H3/t14-,15?,16?,17+,18?/m0/s1. The summed E-state index contributed by atoms with van der Waals surface area (Å²) in [5.74, 6) is 0. The minimum Gasteiger partial charge on any atom is -0.414 e. The van der Waals surface area contributed by atoms with Crippen LogP contribution in [0, 0.1) is 0 Å². The topological polar surface area (TPSA) is 62.9 Å². The van der Waals surface area contributed by atoms with Crippen molar-refractivity contribution in [1.82, 2.24) is 0 Å². The molecule has 0 aromatic carbocycles. The summed E-state index contributed by atoms with van der Waals surface area (Å²) >= 11 is 0. The molecule has 0 radical (unpaired) electrons. The second-order valence-corrected chi connectivity index (χ2v) is 20.6. The SMILES string of the molecule is CO[C@@H]1C(CO[Si](C)(C)C(C)(C)C)O[C@@H](C)C(N)C1O[Si](C)(C)C(C)(C)C. The van der Waals surface area contributed by atoms with Crippen LogP contribution in [0.1, 0.15) is 48.5 Å². The predicted molar refractivity (Wildman–Crippen MR) is 118 cm³/mol. The van der Waals surface area contributed by atoms with E-state index in [1.807, 2.05) is 6.92 Å². The summed E-state index contributed by atoms with van der Waals surface area (Å²) in [5, 5.41) is 0.267. The quantitative estimate of drug-likeness (QED) is 0.641. The van der Waals surface area contributed by atoms with E-state index in [1.165, 1.54) is 0 Å². The van der Waals surface area contributed by atoms with Gasteiger partial charge in [-0.05, 0) is 43.2 Å². The molecule has 0 amide bonds. The van der Waals surface area contributed by atoms with Crippen LogP contribution < -0.4 is 5.73 Å². The zero-order chi connectivity index (χ0) is 21.4. The van der Waals surface area contributed by atoms with Crippen molar-refractivity contribution in [3.8, 4) is 0 Å². The Morgan fingerprint density at radius 1 is 0.889 bits per heavy atom. The molecule has 1 aliphatic heterocycles. The van der Waals surface area contributed by atoms with Crippen LogP contribution >= 0.6 is 0 Å². The van der Waals surface area contributed by atoms with Gasteiger partial charge in [0.25, 0.3) is 0 Å². The third kappa shape index (κ3) is 5.87. The van der Waals surface area contributed by atoms with Gasteiger partial charge in [0.15, 0.2) is 16.6 Å². The molecular weight excluding hydrogens is 374 g/mol. The third-order valence-electron chi connectivity index (χ3n) is 6.92. The number of methoxy groups -OCH3 is 1. The molecule has 0 aromatic rings. The number of rotatable bonds is 6. The average molecular weight is 420 g/mol. The van der Waals surface area contributed by atoms with E-state index in [4.69, 9.17) is 24.1 Å². The molecule has 0 aliphatic carbocycles. The van der Waals surface area contributed by atoms with Crippen molar-refractivity contribution in [3.05, 3.63) is 0 Å². The lowest BCUT2D eigenvalue weighted by atomic mass is 9.94. The van der Waals surface area contributed by atoms with Crippen LogP contribution in [-0.2, 0) is 18.3 Å². The number of hydrogen-bond donors (Lipinski definition) is 1. The molecule has 0 saturated carbocycles. The Labute approximate surface area is 169 Å². The molecule has 27 heavy (non-hydrogen) atoms. The summed E-state index contributed by atoms with van der Waals surface area (Å²) in [4.78, 5) is 0. The van der Waals surface area contributed by atoms with E-state index in [2.05, 4.69) is 67.7 Å². The smallest absolute Gasteiger partial charge is 0.192 e. The van der Waals surface area contributed by atoms with Crippen molar-refractivity contribution < 1.29 is 18.3 Å². The van der Waals surface area contributed by atoms with Gasteiger partial charge in [0.05, 0.1) is 24.9 Å². The van der Waals surface area contributed by atoms with Crippen LogP contribution in [0.4, 0.5) is 0 Å². The first-order chi connectivity index (χ1) is 11.9. The summed E-state index contributed by atoms with van der Waals surface area (Å²) in [6.07, 6.45) is -0.685. The van der Waals surface area contributed by atoms with Crippen LogP contribution in [0.3, 0.4) is 0 Å². The van der Waals surface area contributed by atoms with Crippen LogP contribution in [0.25, 0.3) is 0 Å². The monoisotopic (exact) mass is 419 g/mol. The molecule has 1 rings (SSSR count). The lowest BCUT2D eigenvalue weighted by Gasteiger charge is -2.49. The second kappa shape index (κ2) is 8.54. The normalized spacial score (nSPS) is 31.2. The van der Waals surface area contributed by atoms with Crippen LogP contribution in [0.2, 0.25) is 36.3 Å². The lowest BCUT2D eigenvalue weighted by molar-refractivity contribution is -0.188. The highest BCUT2D eigenvalue weighted by Gasteiger charge is 2.49. The Balaban J connectivity index is 3.02. The summed E-state index contributed by atoms with van der Waals surface area (Å²) in [5.41, 5.74) is 6.51. The van der Waals surface area contributed by atoms with Crippen LogP contribution in [0.15, 0.2) is 0 Å². The van der Waals surface area contributed by atoms with E-state index in [9.17, 15) is 0 Å². The highest BCUT2D eigenvalue weighted by atomic mass is 28.4. The number of nitrogens with two attached hydrogens (primary N) is 1. The molecule has 5 atom stereocenters. The maximum Gasteiger partial charge on any atom is 0.192 e. The van der Waals surface area contributed by atoms with Crippen LogP contribution in [0.5, 0.6) is 0 Å². The molecule has 2 N–H and O–H groups in total. The molecule has 0 spiro atoms. The summed E-state index contributed by atoms with van der Waals surface area (Å²) in [6, 6.07) is -0.215. The predicted octanol–water partition coefficient (Wildman–Crippen LogP) is 4.53. The van der Waals surface area contributed by atoms with Gasteiger partial charge in [0.1, 0.15) is 12.2 Å². The molecule has 3 unspecified atom stereocenters. The first-order valence-corrected chi connectivity index (χ1v) is 16.0. The molecule has 7 heteroatoms. The Hall–Kier alpha value is 0.234. The lowest BCUT2D eigenvalue weighted by Crippen LogP contribution is -2.65. The Kier molecular flexibility index (Phi) is 7.99. The molecule has 5 nitrogen and oxygen atoms in total. The van der Waals surface area contributed by atoms with Crippen molar-refractivity contribution in [3.63, 3.8) is 0 Å². The van der Waals surface area contributed by atoms with Gasteiger partial charge in [-0.1, -0.05) is 41.5 Å². The van der Waals surface area contributed by atoms with E-state index in [0.29, 0.717) is 6.61 Å². The fourth-order valence-electron chi connectivity index (χ4n) is 2.73. The summed E-state index contributed by atoms with van der Waals surface area (Å²) in [6.45, 7) is 25.0.